The third-order valence-electron chi connectivity index (χ3n) is 3.99. The van der Waals surface area contributed by atoms with Gasteiger partial charge in [-0.3, -0.25) is 0 Å². The zero-order chi connectivity index (χ0) is 15.5. The maximum atomic E-state index is 10.1. The molecule has 0 spiro atoms. The van der Waals surface area contributed by atoms with E-state index in [1.807, 2.05) is 30.3 Å². The van der Waals surface area contributed by atoms with Crippen LogP contribution in [-0.4, -0.2) is 30.5 Å². The molecule has 21 heavy (non-hydrogen) atoms. The molecule has 0 heterocycles. The van der Waals surface area contributed by atoms with Crippen LogP contribution < -0.4 is 5.73 Å². The standard InChI is InChI=1S/C18H31NO2/c1-3-5-9-15(4-2)13-21-14-18(20)17(19)12-16-10-7-6-8-11-16/h6-8,10-11,15,17-18,20H,3-5,9,12-14,19H2,1-2H3. The molecule has 0 saturated heterocycles. The average molecular weight is 293 g/mol. The summed E-state index contributed by atoms with van der Waals surface area (Å²) in [6, 6.07) is 9.75. The van der Waals surface area contributed by atoms with Crippen LogP contribution in [0.4, 0.5) is 0 Å². The smallest absolute Gasteiger partial charge is 0.0927 e. The second-order valence-corrected chi connectivity index (χ2v) is 5.87. The molecular weight excluding hydrogens is 262 g/mol. The van der Waals surface area contributed by atoms with Crippen LogP contribution in [0, 0.1) is 5.92 Å². The minimum absolute atomic E-state index is 0.275. The quantitative estimate of drug-likeness (QED) is 0.659. The van der Waals surface area contributed by atoms with E-state index in [1.165, 1.54) is 19.3 Å². The van der Waals surface area contributed by atoms with E-state index in [1.54, 1.807) is 0 Å². The summed E-state index contributed by atoms with van der Waals surface area (Å²) in [4.78, 5) is 0. The van der Waals surface area contributed by atoms with Gasteiger partial charge in [-0.1, -0.05) is 63.4 Å². The average Bonchev–Trinajstić information content (AvgIpc) is 2.51. The number of ether oxygens (including phenoxy) is 1. The van der Waals surface area contributed by atoms with Gasteiger partial charge in [-0.05, 0) is 24.3 Å². The van der Waals surface area contributed by atoms with Gasteiger partial charge in [-0.15, -0.1) is 0 Å². The van der Waals surface area contributed by atoms with E-state index < -0.39 is 6.10 Å². The number of benzene rings is 1. The first kappa shape index (κ1) is 18.1. The third kappa shape index (κ3) is 7.60. The summed E-state index contributed by atoms with van der Waals surface area (Å²) in [5, 5.41) is 10.1. The van der Waals surface area contributed by atoms with Crippen molar-refractivity contribution in [3.63, 3.8) is 0 Å². The topological polar surface area (TPSA) is 55.5 Å². The van der Waals surface area contributed by atoms with E-state index in [4.69, 9.17) is 10.5 Å². The molecule has 1 aromatic rings. The van der Waals surface area contributed by atoms with Crippen molar-refractivity contribution in [1.29, 1.82) is 0 Å². The summed E-state index contributed by atoms with van der Waals surface area (Å²) >= 11 is 0. The van der Waals surface area contributed by atoms with Gasteiger partial charge in [0.2, 0.25) is 0 Å². The molecule has 0 bridgehead atoms. The zero-order valence-electron chi connectivity index (χ0n) is 13.5. The first-order valence-electron chi connectivity index (χ1n) is 8.22. The van der Waals surface area contributed by atoms with Crippen molar-refractivity contribution in [2.75, 3.05) is 13.2 Å². The lowest BCUT2D eigenvalue weighted by molar-refractivity contribution is 0.00802. The largest absolute Gasteiger partial charge is 0.389 e. The van der Waals surface area contributed by atoms with Gasteiger partial charge in [0.15, 0.2) is 0 Å². The molecule has 0 aliphatic heterocycles. The Hall–Kier alpha value is -0.900. The number of hydrogen-bond acceptors (Lipinski definition) is 3. The maximum absolute atomic E-state index is 10.1. The molecule has 0 saturated carbocycles. The minimum atomic E-state index is -0.603. The summed E-state index contributed by atoms with van der Waals surface area (Å²) in [7, 11) is 0. The highest BCUT2D eigenvalue weighted by Gasteiger charge is 2.16. The van der Waals surface area contributed by atoms with E-state index in [9.17, 15) is 5.11 Å². The number of unbranched alkanes of at least 4 members (excludes halogenated alkanes) is 1. The van der Waals surface area contributed by atoms with Crippen molar-refractivity contribution in [2.45, 2.75) is 58.1 Å². The second-order valence-electron chi connectivity index (χ2n) is 5.87. The summed E-state index contributed by atoms with van der Waals surface area (Å²) in [5.41, 5.74) is 7.20. The molecule has 0 fully saturated rings. The van der Waals surface area contributed by atoms with Gasteiger partial charge in [-0.25, -0.2) is 0 Å². The van der Waals surface area contributed by atoms with Crippen LogP contribution in [0.1, 0.15) is 45.1 Å². The fourth-order valence-electron chi connectivity index (χ4n) is 2.40. The summed E-state index contributed by atoms with van der Waals surface area (Å²) in [6.07, 6.45) is 4.89. The first-order chi connectivity index (χ1) is 10.2. The van der Waals surface area contributed by atoms with Crippen LogP contribution >= 0.6 is 0 Å². The minimum Gasteiger partial charge on any atom is -0.389 e. The lowest BCUT2D eigenvalue weighted by Gasteiger charge is -2.21. The predicted molar refractivity (Wildman–Crippen MR) is 88.3 cm³/mol. The summed E-state index contributed by atoms with van der Waals surface area (Å²) in [6.45, 7) is 5.46. The molecule has 3 atom stereocenters. The number of hydrogen-bond donors (Lipinski definition) is 2. The van der Waals surface area contributed by atoms with Gasteiger partial charge in [0, 0.05) is 12.6 Å². The fraction of sp³-hybridized carbons (Fsp3) is 0.667. The van der Waals surface area contributed by atoms with Gasteiger partial charge in [0.25, 0.3) is 0 Å². The highest BCUT2D eigenvalue weighted by molar-refractivity contribution is 5.16. The lowest BCUT2D eigenvalue weighted by atomic mass is 10.0. The molecule has 0 radical (unpaired) electrons. The van der Waals surface area contributed by atoms with Crippen LogP contribution in [0.5, 0.6) is 0 Å². The lowest BCUT2D eigenvalue weighted by Crippen LogP contribution is -2.40. The molecule has 3 heteroatoms. The van der Waals surface area contributed by atoms with Crippen molar-refractivity contribution in [3.05, 3.63) is 35.9 Å². The maximum Gasteiger partial charge on any atom is 0.0927 e. The van der Waals surface area contributed by atoms with Crippen molar-refractivity contribution in [1.82, 2.24) is 0 Å². The monoisotopic (exact) mass is 293 g/mol. The van der Waals surface area contributed by atoms with Gasteiger partial charge in [0.05, 0.1) is 12.7 Å². The van der Waals surface area contributed by atoms with Crippen LogP contribution in [0.2, 0.25) is 0 Å². The number of aliphatic hydroxyl groups excluding tert-OH is 1. The molecule has 0 aliphatic carbocycles. The number of aliphatic hydroxyl groups is 1. The molecule has 120 valence electrons. The molecular formula is C18H31NO2. The molecule has 3 N–H and O–H groups in total. The summed E-state index contributed by atoms with van der Waals surface area (Å²) in [5.74, 6) is 0.600. The number of rotatable bonds is 11. The molecule has 1 aromatic carbocycles. The molecule has 0 aliphatic rings. The van der Waals surface area contributed by atoms with Crippen molar-refractivity contribution < 1.29 is 9.84 Å². The van der Waals surface area contributed by atoms with Crippen molar-refractivity contribution in [3.8, 4) is 0 Å². The summed E-state index contributed by atoms with van der Waals surface area (Å²) < 4.78 is 5.67. The van der Waals surface area contributed by atoms with Gasteiger partial charge in [-0.2, -0.15) is 0 Å². The van der Waals surface area contributed by atoms with E-state index in [0.29, 0.717) is 18.9 Å². The molecule has 3 nitrogen and oxygen atoms in total. The van der Waals surface area contributed by atoms with E-state index >= 15 is 0 Å². The molecule has 0 aromatic heterocycles. The molecule has 1 rings (SSSR count). The Morgan fingerprint density at radius 3 is 2.48 bits per heavy atom. The van der Waals surface area contributed by atoms with E-state index in [0.717, 1.165) is 18.6 Å². The van der Waals surface area contributed by atoms with Gasteiger partial charge >= 0.3 is 0 Å². The predicted octanol–water partition coefficient (Wildman–Crippen LogP) is 3.15. The molecule has 0 amide bonds. The SMILES string of the molecule is CCCCC(CC)COCC(O)C(N)Cc1ccccc1. The highest BCUT2D eigenvalue weighted by Crippen LogP contribution is 2.13. The first-order valence-corrected chi connectivity index (χ1v) is 8.22. The normalized spacial score (nSPS) is 15.6. The Bertz CT molecular complexity index is 355. The Morgan fingerprint density at radius 1 is 1.14 bits per heavy atom. The van der Waals surface area contributed by atoms with Crippen molar-refractivity contribution >= 4 is 0 Å². The van der Waals surface area contributed by atoms with Crippen molar-refractivity contribution in [2.24, 2.45) is 11.7 Å². The highest BCUT2D eigenvalue weighted by atomic mass is 16.5. The third-order valence-corrected chi connectivity index (χ3v) is 3.99. The van der Waals surface area contributed by atoms with Crippen LogP contribution in [-0.2, 0) is 11.2 Å². The Kier molecular flexibility index (Phi) is 9.31. The van der Waals surface area contributed by atoms with E-state index in [-0.39, 0.29) is 6.04 Å². The van der Waals surface area contributed by atoms with Gasteiger partial charge in [0.1, 0.15) is 0 Å². The Labute approximate surface area is 129 Å². The Balaban J connectivity index is 2.24. The van der Waals surface area contributed by atoms with E-state index in [2.05, 4.69) is 13.8 Å². The second kappa shape index (κ2) is 10.8. The molecule has 3 unspecified atom stereocenters. The van der Waals surface area contributed by atoms with Crippen LogP contribution in [0.3, 0.4) is 0 Å². The Morgan fingerprint density at radius 2 is 1.86 bits per heavy atom. The van der Waals surface area contributed by atoms with Crippen LogP contribution in [0.15, 0.2) is 30.3 Å². The van der Waals surface area contributed by atoms with Crippen LogP contribution in [0.25, 0.3) is 0 Å². The van der Waals surface area contributed by atoms with Gasteiger partial charge < -0.3 is 15.6 Å². The number of nitrogens with two attached hydrogens (primary N) is 1. The zero-order valence-corrected chi connectivity index (χ0v) is 13.5. The fourth-order valence-corrected chi connectivity index (χ4v) is 2.40.